The molecule has 2 N–H and O–H groups in total. The molecule has 0 saturated heterocycles. The van der Waals surface area contributed by atoms with Crippen LogP contribution >= 0.6 is 0 Å². The van der Waals surface area contributed by atoms with Crippen molar-refractivity contribution in [2.75, 3.05) is 13.2 Å². The number of carbonyl (C=O) groups excluding carboxylic acids is 1. The molecule has 2 aromatic carbocycles. The summed E-state index contributed by atoms with van der Waals surface area (Å²) < 4.78 is 11.1. The average molecular weight is 337 g/mol. The van der Waals surface area contributed by atoms with Crippen molar-refractivity contribution >= 4 is 16.8 Å². The van der Waals surface area contributed by atoms with Crippen LogP contribution in [0.2, 0.25) is 0 Å². The monoisotopic (exact) mass is 337 g/mol. The molecule has 3 aromatic rings. The van der Waals surface area contributed by atoms with Crippen LogP contribution in [-0.2, 0) is 6.54 Å². The standard InChI is InChI=1S/C18H15N3O4/c22-17-12-5-1-2-6-13(12)20-16(21-17)18(23)19-10-11-4-3-7-14-15(11)25-9-8-24-14/h1-7H,8-10H2,(H,19,23)(H,20,21,22). The highest BCUT2D eigenvalue weighted by Gasteiger charge is 2.17. The molecule has 25 heavy (non-hydrogen) atoms. The van der Waals surface area contributed by atoms with Gasteiger partial charge in [0.15, 0.2) is 17.3 Å². The first-order valence-corrected chi connectivity index (χ1v) is 7.87. The fourth-order valence-electron chi connectivity index (χ4n) is 2.73. The SMILES string of the molecule is O=C(NCc1cccc2c1OCCO2)c1nc2ccccc2c(=O)[nH]1. The third-order valence-electron chi connectivity index (χ3n) is 3.92. The van der Waals surface area contributed by atoms with Crippen LogP contribution in [0, 0.1) is 0 Å². The quantitative estimate of drug-likeness (QED) is 0.758. The van der Waals surface area contributed by atoms with Crippen LogP contribution in [0.5, 0.6) is 11.5 Å². The summed E-state index contributed by atoms with van der Waals surface area (Å²) in [4.78, 5) is 31.2. The number of hydrogen-bond acceptors (Lipinski definition) is 5. The number of para-hydroxylation sites is 2. The van der Waals surface area contributed by atoms with E-state index in [2.05, 4.69) is 15.3 Å². The van der Waals surface area contributed by atoms with Crippen LogP contribution < -0.4 is 20.3 Å². The van der Waals surface area contributed by atoms with Gasteiger partial charge in [-0.2, -0.15) is 0 Å². The highest BCUT2D eigenvalue weighted by Crippen LogP contribution is 2.33. The van der Waals surface area contributed by atoms with Crippen LogP contribution in [0.1, 0.15) is 16.2 Å². The molecule has 0 bridgehead atoms. The summed E-state index contributed by atoms with van der Waals surface area (Å²) in [5, 5.41) is 3.20. The number of ether oxygens (including phenoxy) is 2. The number of benzene rings is 2. The summed E-state index contributed by atoms with van der Waals surface area (Å²) in [6.45, 7) is 1.21. The van der Waals surface area contributed by atoms with Gasteiger partial charge in [0.1, 0.15) is 13.2 Å². The van der Waals surface area contributed by atoms with Gasteiger partial charge in [0.05, 0.1) is 10.9 Å². The van der Waals surface area contributed by atoms with Crippen LogP contribution in [0.4, 0.5) is 0 Å². The Kier molecular flexibility index (Phi) is 3.81. The lowest BCUT2D eigenvalue weighted by Gasteiger charge is -2.21. The summed E-state index contributed by atoms with van der Waals surface area (Å²) in [5.74, 6) is 0.812. The molecule has 0 spiro atoms. The van der Waals surface area contributed by atoms with E-state index in [9.17, 15) is 9.59 Å². The van der Waals surface area contributed by atoms with Crippen LogP contribution in [-0.4, -0.2) is 29.1 Å². The molecule has 1 aromatic heterocycles. The number of nitrogens with one attached hydrogen (secondary N) is 2. The third kappa shape index (κ3) is 2.91. The minimum absolute atomic E-state index is 0.0225. The first kappa shape index (κ1) is 15.2. The molecule has 2 heterocycles. The predicted octanol–water partition coefficient (Wildman–Crippen LogP) is 1.62. The maximum atomic E-state index is 12.4. The molecule has 7 nitrogen and oxygen atoms in total. The number of carbonyl (C=O) groups is 1. The Hall–Kier alpha value is -3.35. The average Bonchev–Trinajstić information content (AvgIpc) is 2.66. The van der Waals surface area contributed by atoms with Gasteiger partial charge < -0.3 is 19.8 Å². The van der Waals surface area contributed by atoms with Crippen molar-refractivity contribution < 1.29 is 14.3 Å². The minimum atomic E-state index is -0.461. The first-order valence-electron chi connectivity index (χ1n) is 7.87. The topological polar surface area (TPSA) is 93.3 Å². The van der Waals surface area contributed by atoms with Gasteiger partial charge in [0, 0.05) is 12.1 Å². The largest absolute Gasteiger partial charge is 0.486 e. The molecule has 1 amide bonds. The zero-order valence-corrected chi connectivity index (χ0v) is 13.2. The molecule has 0 atom stereocenters. The highest BCUT2D eigenvalue weighted by atomic mass is 16.6. The third-order valence-corrected chi connectivity index (χ3v) is 3.92. The Bertz CT molecular complexity index is 1010. The molecule has 0 unspecified atom stereocenters. The van der Waals surface area contributed by atoms with Crippen molar-refractivity contribution in [3.8, 4) is 11.5 Å². The second-order valence-corrected chi connectivity index (χ2v) is 5.56. The number of H-pyrrole nitrogens is 1. The predicted molar refractivity (Wildman–Crippen MR) is 91.0 cm³/mol. The van der Waals surface area contributed by atoms with E-state index in [4.69, 9.17) is 9.47 Å². The lowest BCUT2D eigenvalue weighted by Crippen LogP contribution is -2.28. The molecule has 1 aliphatic rings. The second kappa shape index (κ2) is 6.27. The number of aromatic nitrogens is 2. The lowest BCUT2D eigenvalue weighted by atomic mass is 10.1. The van der Waals surface area contributed by atoms with Gasteiger partial charge in [0.25, 0.3) is 11.5 Å². The van der Waals surface area contributed by atoms with E-state index in [0.29, 0.717) is 35.6 Å². The smallest absolute Gasteiger partial charge is 0.287 e. The van der Waals surface area contributed by atoms with E-state index >= 15 is 0 Å². The van der Waals surface area contributed by atoms with Gasteiger partial charge in [-0.25, -0.2) is 4.98 Å². The Labute approximate surface area is 142 Å². The summed E-state index contributed by atoms with van der Waals surface area (Å²) in [5.41, 5.74) is 0.934. The van der Waals surface area contributed by atoms with E-state index < -0.39 is 5.91 Å². The van der Waals surface area contributed by atoms with Gasteiger partial charge in [-0.1, -0.05) is 24.3 Å². The number of fused-ring (bicyclic) bond motifs is 2. The van der Waals surface area contributed by atoms with Crippen molar-refractivity contribution in [2.24, 2.45) is 0 Å². The zero-order chi connectivity index (χ0) is 17.2. The molecule has 1 aliphatic heterocycles. The molecular formula is C18H15N3O4. The molecule has 7 heteroatoms. The maximum Gasteiger partial charge on any atom is 0.287 e. The van der Waals surface area contributed by atoms with Gasteiger partial charge in [-0.15, -0.1) is 0 Å². The van der Waals surface area contributed by atoms with Gasteiger partial charge in [-0.3, -0.25) is 9.59 Å². The molecule has 0 saturated carbocycles. The summed E-state index contributed by atoms with van der Waals surface area (Å²) in [6.07, 6.45) is 0. The molecule has 0 radical (unpaired) electrons. The van der Waals surface area contributed by atoms with Crippen LogP contribution in [0.3, 0.4) is 0 Å². The van der Waals surface area contributed by atoms with Crippen LogP contribution in [0.25, 0.3) is 10.9 Å². The number of hydrogen-bond donors (Lipinski definition) is 2. The van der Waals surface area contributed by atoms with E-state index in [1.165, 1.54) is 0 Å². The molecule has 0 aliphatic carbocycles. The minimum Gasteiger partial charge on any atom is -0.486 e. The summed E-state index contributed by atoms with van der Waals surface area (Å²) in [6, 6.07) is 12.4. The highest BCUT2D eigenvalue weighted by molar-refractivity contribution is 5.92. The Morgan fingerprint density at radius 1 is 1.12 bits per heavy atom. The Balaban J connectivity index is 1.56. The molecule has 4 rings (SSSR count). The zero-order valence-electron chi connectivity index (χ0n) is 13.2. The van der Waals surface area contributed by atoms with Gasteiger partial charge in [-0.05, 0) is 18.2 Å². The van der Waals surface area contributed by atoms with E-state index in [-0.39, 0.29) is 17.9 Å². The van der Waals surface area contributed by atoms with Crippen molar-refractivity contribution in [1.29, 1.82) is 0 Å². The van der Waals surface area contributed by atoms with Gasteiger partial charge in [0.2, 0.25) is 0 Å². The van der Waals surface area contributed by atoms with Crippen molar-refractivity contribution in [3.05, 3.63) is 64.2 Å². The van der Waals surface area contributed by atoms with E-state index in [0.717, 1.165) is 5.56 Å². The number of aromatic amines is 1. The fourth-order valence-corrected chi connectivity index (χ4v) is 2.73. The van der Waals surface area contributed by atoms with Gasteiger partial charge >= 0.3 is 0 Å². The number of nitrogens with zero attached hydrogens (tertiary/aromatic N) is 1. The number of amides is 1. The van der Waals surface area contributed by atoms with Crippen molar-refractivity contribution in [1.82, 2.24) is 15.3 Å². The molecular weight excluding hydrogens is 322 g/mol. The van der Waals surface area contributed by atoms with E-state index in [1.54, 1.807) is 24.3 Å². The summed E-state index contributed by atoms with van der Waals surface area (Å²) in [7, 11) is 0. The van der Waals surface area contributed by atoms with Crippen molar-refractivity contribution in [3.63, 3.8) is 0 Å². The summed E-state index contributed by atoms with van der Waals surface area (Å²) >= 11 is 0. The Morgan fingerprint density at radius 2 is 1.96 bits per heavy atom. The van der Waals surface area contributed by atoms with Crippen molar-refractivity contribution in [2.45, 2.75) is 6.54 Å². The Morgan fingerprint density at radius 3 is 2.88 bits per heavy atom. The molecule has 126 valence electrons. The fraction of sp³-hybridized carbons (Fsp3) is 0.167. The second-order valence-electron chi connectivity index (χ2n) is 5.56. The lowest BCUT2D eigenvalue weighted by molar-refractivity contribution is 0.0939. The number of rotatable bonds is 3. The van der Waals surface area contributed by atoms with E-state index in [1.807, 2.05) is 18.2 Å². The maximum absolute atomic E-state index is 12.4. The normalized spacial score (nSPS) is 12.8. The molecule has 0 fully saturated rings. The van der Waals surface area contributed by atoms with Crippen LogP contribution in [0.15, 0.2) is 47.3 Å². The first-order chi connectivity index (χ1) is 12.2.